The van der Waals surface area contributed by atoms with E-state index in [1.54, 1.807) is 5.51 Å². The zero-order valence-corrected chi connectivity index (χ0v) is 12.3. The van der Waals surface area contributed by atoms with Gasteiger partial charge in [-0.2, -0.15) is 0 Å². The van der Waals surface area contributed by atoms with Crippen molar-refractivity contribution in [1.82, 2.24) is 15.3 Å². The summed E-state index contributed by atoms with van der Waals surface area (Å²) in [5.41, 5.74) is 3.39. The first-order valence-electron chi connectivity index (χ1n) is 6.13. The number of aryl methyl sites for hydroxylation is 2. The number of hydrogen-bond acceptors (Lipinski definition) is 5. The van der Waals surface area contributed by atoms with Crippen molar-refractivity contribution >= 4 is 17.2 Å². The van der Waals surface area contributed by atoms with E-state index in [0.717, 1.165) is 17.1 Å². The number of nitrogens with zero attached hydrogens (tertiary/aromatic N) is 2. The summed E-state index contributed by atoms with van der Waals surface area (Å²) in [5.74, 6) is 1.42. The number of hydrogen-bond donors (Lipinski definition) is 1. The molecule has 102 valence electrons. The van der Waals surface area contributed by atoms with E-state index in [0.29, 0.717) is 17.3 Å². The molecule has 0 unspecified atom stereocenters. The Morgan fingerprint density at radius 3 is 2.79 bits per heavy atom. The zero-order chi connectivity index (χ0) is 14.0. The van der Waals surface area contributed by atoms with Crippen LogP contribution in [0.4, 0.5) is 0 Å². The first kappa shape index (κ1) is 13.7. The van der Waals surface area contributed by atoms with Crippen LogP contribution in [-0.2, 0) is 6.54 Å². The van der Waals surface area contributed by atoms with Crippen LogP contribution in [0.5, 0.6) is 0 Å². The second-order valence-corrected chi connectivity index (χ2v) is 5.51. The average molecular weight is 279 g/mol. The number of thiazole rings is 1. The highest BCUT2D eigenvalue weighted by Crippen LogP contribution is 2.21. The van der Waals surface area contributed by atoms with E-state index in [-0.39, 0.29) is 11.8 Å². The summed E-state index contributed by atoms with van der Waals surface area (Å²) in [7, 11) is 0. The van der Waals surface area contributed by atoms with Crippen LogP contribution in [0.1, 0.15) is 52.5 Å². The molecule has 0 spiro atoms. The number of carbonyl (C=O) groups excluding carboxylic acids is 1. The molecule has 0 fully saturated rings. The van der Waals surface area contributed by atoms with Crippen LogP contribution in [0, 0.1) is 13.8 Å². The lowest BCUT2D eigenvalue weighted by Crippen LogP contribution is -2.23. The molecule has 0 atom stereocenters. The molecule has 2 aromatic rings. The standard InChI is InChI=1S/C13H17N3O2S/c1-7(2)11-12(19-6-15-11)13(17)14-5-10-16-8(3)9(4)18-10/h6-7H,5H2,1-4H3,(H,14,17). The fourth-order valence-electron chi connectivity index (χ4n) is 1.69. The van der Waals surface area contributed by atoms with Crippen LogP contribution in [0.3, 0.4) is 0 Å². The molecule has 1 N–H and O–H groups in total. The highest BCUT2D eigenvalue weighted by atomic mass is 32.1. The summed E-state index contributed by atoms with van der Waals surface area (Å²) in [6.45, 7) is 8.07. The Balaban J connectivity index is 2.03. The number of carbonyl (C=O) groups is 1. The van der Waals surface area contributed by atoms with Gasteiger partial charge in [0.1, 0.15) is 10.6 Å². The van der Waals surface area contributed by atoms with Gasteiger partial charge in [-0.25, -0.2) is 9.97 Å². The highest BCUT2D eigenvalue weighted by molar-refractivity contribution is 7.11. The molecule has 0 bridgehead atoms. The average Bonchev–Trinajstić information content (AvgIpc) is 2.94. The summed E-state index contributed by atoms with van der Waals surface area (Å²) >= 11 is 1.36. The Morgan fingerprint density at radius 1 is 1.47 bits per heavy atom. The molecule has 0 saturated heterocycles. The molecule has 0 aliphatic heterocycles. The van der Waals surface area contributed by atoms with Gasteiger partial charge < -0.3 is 9.73 Å². The number of amides is 1. The molecule has 2 heterocycles. The van der Waals surface area contributed by atoms with E-state index in [1.807, 2.05) is 27.7 Å². The predicted molar refractivity (Wildman–Crippen MR) is 73.4 cm³/mol. The van der Waals surface area contributed by atoms with Crippen molar-refractivity contribution < 1.29 is 9.21 Å². The van der Waals surface area contributed by atoms with E-state index in [2.05, 4.69) is 15.3 Å². The van der Waals surface area contributed by atoms with Gasteiger partial charge in [0.2, 0.25) is 5.89 Å². The smallest absolute Gasteiger partial charge is 0.263 e. The third-order valence-corrected chi connectivity index (χ3v) is 3.66. The van der Waals surface area contributed by atoms with Gasteiger partial charge in [-0.3, -0.25) is 4.79 Å². The van der Waals surface area contributed by atoms with E-state index in [9.17, 15) is 4.79 Å². The van der Waals surface area contributed by atoms with E-state index < -0.39 is 0 Å². The summed E-state index contributed by atoms with van der Waals surface area (Å²) in [4.78, 5) is 21.2. The lowest BCUT2D eigenvalue weighted by molar-refractivity contribution is 0.0949. The van der Waals surface area contributed by atoms with Crippen LogP contribution in [0.25, 0.3) is 0 Å². The van der Waals surface area contributed by atoms with Crippen LogP contribution in [-0.4, -0.2) is 15.9 Å². The Hall–Kier alpha value is -1.69. The Morgan fingerprint density at radius 2 is 2.21 bits per heavy atom. The Labute approximate surface area is 116 Å². The van der Waals surface area contributed by atoms with Crippen LogP contribution in [0.15, 0.2) is 9.93 Å². The van der Waals surface area contributed by atoms with Gasteiger partial charge in [0, 0.05) is 0 Å². The molecular formula is C13H17N3O2S. The Kier molecular flexibility index (Phi) is 3.99. The maximum atomic E-state index is 12.1. The van der Waals surface area contributed by atoms with Crippen molar-refractivity contribution in [2.45, 2.75) is 40.2 Å². The van der Waals surface area contributed by atoms with Gasteiger partial charge in [-0.1, -0.05) is 13.8 Å². The maximum absolute atomic E-state index is 12.1. The molecule has 2 rings (SSSR count). The van der Waals surface area contributed by atoms with Crippen LogP contribution in [0.2, 0.25) is 0 Å². The summed E-state index contributed by atoms with van der Waals surface area (Å²) < 4.78 is 5.42. The zero-order valence-electron chi connectivity index (χ0n) is 11.5. The SMILES string of the molecule is Cc1nc(CNC(=O)c2scnc2C(C)C)oc1C. The topological polar surface area (TPSA) is 68.0 Å². The molecule has 5 nitrogen and oxygen atoms in total. The number of aromatic nitrogens is 2. The first-order chi connectivity index (χ1) is 8.99. The maximum Gasteiger partial charge on any atom is 0.263 e. The van der Waals surface area contributed by atoms with Crippen molar-refractivity contribution in [2.75, 3.05) is 0 Å². The fraction of sp³-hybridized carbons (Fsp3) is 0.462. The van der Waals surface area contributed by atoms with Crippen LogP contribution < -0.4 is 5.32 Å². The summed E-state index contributed by atoms with van der Waals surface area (Å²) in [5, 5.41) is 2.81. The van der Waals surface area contributed by atoms with Crippen molar-refractivity contribution in [3.05, 3.63) is 33.4 Å². The third kappa shape index (κ3) is 3.01. The predicted octanol–water partition coefficient (Wildman–Crippen LogP) is 2.80. The molecule has 19 heavy (non-hydrogen) atoms. The minimum Gasteiger partial charge on any atom is -0.444 e. The van der Waals surface area contributed by atoms with Gasteiger partial charge >= 0.3 is 0 Å². The number of rotatable bonds is 4. The highest BCUT2D eigenvalue weighted by Gasteiger charge is 2.17. The second kappa shape index (κ2) is 5.52. The normalized spacial score (nSPS) is 11.0. The quantitative estimate of drug-likeness (QED) is 0.934. The number of nitrogens with one attached hydrogen (secondary N) is 1. The lowest BCUT2D eigenvalue weighted by Gasteiger charge is -2.05. The van der Waals surface area contributed by atoms with E-state index in [4.69, 9.17) is 4.42 Å². The van der Waals surface area contributed by atoms with Gasteiger partial charge in [0.05, 0.1) is 23.4 Å². The third-order valence-electron chi connectivity index (χ3n) is 2.82. The fourth-order valence-corrected chi connectivity index (χ4v) is 2.55. The second-order valence-electron chi connectivity index (χ2n) is 4.65. The summed E-state index contributed by atoms with van der Waals surface area (Å²) in [6, 6.07) is 0. The molecule has 6 heteroatoms. The minimum atomic E-state index is -0.125. The lowest BCUT2D eigenvalue weighted by atomic mass is 10.1. The Bertz CT molecular complexity index is 567. The molecule has 0 aliphatic carbocycles. The molecule has 2 aromatic heterocycles. The molecule has 0 aromatic carbocycles. The van der Waals surface area contributed by atoms with Gasteiger partial charge in [-0.05, 0) is 19.8 Å². The van der Waals surface area contributed by atoms with E-state index in [1.165, 1.54) is 11.3 Å². The molecule has 0 aliphatic rings. The summed E-state index contributed by atoms with van der Waals surface area (Å²) in [6.07, 6.45) is 0. The largest absolute Gasteiger partial charge is 0.444 e. The monoisotopic (exact) mass is 279 g/mol. The minimum absolute atomic E-state index is 0.125. The van der Waals surface area contributed by atoms with Gasteiger partial charge in [-0.15, -0.1) is 11.3 Å². The molecular weight excluding hydrogens is 262 g/mol. The van der Waals surface area contributed by atoms with Gasteiger partial charge in [0.25, 0.3) is 5.91 Å². The van der Waals surface area contributed by atoms with Crippen molar-refractivity contribution in [3.63, 3.8) is 0 Å². The van der Waals surface area contributed by atoms with Crippen molar-refractivity contribution in [3.8, 4) is 0 Å². The molecule has 0 radical (unpaired) electrons. The number of oxazole rings is 1. The van der Waals surface area contributed by atoms with Gasteiger partial charge in [0.15, 0.2) is 0 Å². The van der Waals surface area contributed by atoms with Crippen molar-refractivity contribution in [1.29, 1.82) is 0 Å². The first-order valence-corrected chi connectivity index (χ1v) is 7.01. The molecule has 1 amide bonds. The molecule has 0 saturated carbocycles. The van der Waals surface area contributed by atoms with Crippen LogP contribution >= 0.6 is 11.3 Å². The van der Waals surface area contributed by atoms with E-state index >= 15 is 0 Å². The van der Waals surface area contributed by atoms with Crippen molar-refractivity contribution in [2.24, 2.45) is 0 Å².